The molecule has 1 fully saturated rings. The summed E-state index contributed by atoms with van der Waals surface area (Å²) in [6.45, 7) is 0.657. The molecule has 0 aliphatic carbocycles. The molecular weight excluding hydrogens is 349 g/mol. The number of amides is 1. The average Bonchev–Trinajstić information content (AvgIpc) is 3.29. The topological polar surface area (TPSA) is 84.2 Å². The molecule has 0 radical (unpaired) electrons. The van der Waals surface area contributed by atoms with Gasteiger partial charge in [-0.25, -0.2) is 4.39 Å². The first-order chi connectivity index (χ1) is 13.1. The molecule has 0 saturated carbocycles. The van der Waals surface area contributed by atoms with Gasteiger partial charge in [-0.15, -0.1) is 0 Å². The lowest BCUT2D eigenvalue weighted by Gasteiger charge is -2.14. The Morgan fingerprint density at radius 2 is 1.96 bits per heavy atom. The van der Waals surface area contributed by atoms with Crippen LogP contribution in [0.1, 0.15) is 28.7 Å². The molecule has 138 valence electrons. The standard InChI is InChI=1S/C19H18FN5O2/c1-25-11-15(22-18(26)13-2-4-14(20)5-3-13)10-16(25)19-23-17(24-27-19)12-6-8-21-9-7-12/h2-9,15-16H,10-11H2,1H3,(H,22,26). The summed E-state index contributed by atoms with van der Waals surface area (Å²) in [5.74, 6) is 0.438. The lowest BCUT2D eigenvalue weighted by atomic mass is 10.1. The summed E-state index contributed by atoms with van der Waals surface area (Å²) in [6.07, 6.45) is 4.00. The molecule has 1 aliphatic rings. The van der Waals surface area contributed by atoms with E-state index in [0.717, 1.165) is 5.56 Å². The Bertz CT molecular complexity index is 929. The maximum Gasteiger partial charge on any atom is 0.251 e. The zero-order valence-corrected chi connectivity index (χ0v) is 14.7. The van der Waals surface area contributed by atoms with Gasteiger partial charge in [-0.2, -0.15) is 4.98 Å². The van der Waals surface area contributed by atoms with Crippen molar-refractivity contribution in [1.82, 2.24) is 25.3 Å². The van der Waals surface area contributed by atoms with Crippen LogP contribution in [0.2, 0.25) is 0 Å². The monoisotopic (exact) mass is 367 g/mol. The van der Waals surface area contributed by atoms with Crippen molar-refractivity contribution in [3.63, 3.8) is 0 Å². The van der Waals surface area contributed by atoms with Gasteiger partial charge in [0.15, 0.2) is 0 Å². The maximum absolute atomic E-state index is 13.0. The van der Waals surface area contributed by atoms with E-state index in [9.17, 15) is 9.18 Å². The van der Waals surface area contributed by atoms with Gasteiger partial charge in [-0.05, 0) is 49.9 Å². The van der Waals surface area contributed by atoms with Gasteiger partial charge in [0.25, 0.3) is 5.91 Å². The van der Waals surface area contributed by atoms with E-state index >= 15 is 0 Å². The number of hydrogen-bond donors (Lipinski definition) is 1. The number of halogens is 1. The molecule has 1 aromatic carbocycles. The fourth-order valence-corrected chi connectivity index (χ4v) is 3.25. The third kappa shape index (κ3) is 3.70. The third-order valence-electron chi connectivity index (χ3n) is 4.66. The minimum absolute atomic E-state index is 0.0613. The second-order valence-corrected chi connectivity index (χ2v) is 6.56. The Hall–Kier alpha value is -3.13. The summed E-state index contributed by atoms with van der Waals surface area (Å²) < 4.78 is 18.5. The molecule has 3 aromatic rings. The molecule has 1 aliphatic heterocycles. The highest BCUT2D eigenvalue weighted by molar-refractivity contribution is 5.94. The van der Waals surface area contributed by atoms with Crippen molar-refractivity contribution in [2.45, 2.75) is 18.5 Å². The molecule has 3 heterocycles. The molecule has 2 aromatic heterocycles. The van der Waals surface area contributed by atoms with Crippen LogP contribution in [0.3, 0.4) is 0 Å². The number of carbonyl (C=O) groups is 1. The number of rotatable bonds is 4. The predicted octanol–water partition coefficient (Wildman–Crippen LogP) is 2.45. The van der Waals surface area contributed by atoms with E-state index < -0.39 is 0 Å². The van der Waals surface area contributed by atoms with Crippen LogP contribution in [0.5, 0.6) is 0 Å². The first-order valence-corrected chi connectivity index (χ1v) is 8.61. The largest absolute Gasteiger partial charge is 0.348 e. The van der Waals surface area contributed by atoms with Gasteiger partial charge in [-0.1, -0.05) is 5.16 Å². The van der Waals surface area contributed by atoms with Gasteiger partial charge in [0.2, 0.25) is 11.7 Å². The lowest BCUT2D eigenvalue weighted by Crippen LogP contribution is -2.36. The molecule has 27 heavy (non-hydrogen) atoms. The van der Waals surface area contributed by atoms with Gasteiger partial charge >= 0.3 is 0 Å². The van der Waals surface area contributed by atoms with E-state index in [1.807, 2.05) is 19.2 Å². The molecule has 8 heteroatoms. The summed E-state index contributed by atoms with van der Waals surface area (Å²) in [4.78, 5) is 22.9. The third-order valence-corrected chi connectivity index (χ3v) is 4.66. The Morgan fingerprint density at radius 1 is 1.22 bits per heavy atom. The number of likely N-dealkylation sites (tertiary alicyclic amines) is 1. The van der Waals surface area contributed by atoms with Gasteiger partial charge < -0.3 is 9.84 Å². The summed E-state index contributed by atoms with van der Waals surface area (Å²) >= 11 is 0. The zero-order chi connectivity index (χ0) is 18.8. The van der Waals surface area contributed by atoms with E-state index in [2.05, 4.69) is 25.3 Å². The van der Waals surface area contributed by atoms with Crippen LogP contribution in [-0.4, -0.2) is 45.6 Å². The van der Waals surface area contributed by atoms with Crippen LogP contribution in [0.4, 0.5) is 4.39 Å². The number of hydrogen-bond acceptors (Lipinski definition) is 6. The van der Waals surface area contributed by atoms with E-state index in [1.165, 1.54) is 24.3 Å². The first kappa shape index (κ1) is 17.3. The van der Waals surface area contributed by atoms with Crippen LogP contribution in [0, 0.1) is 5.82 Å². The summed E-state index contributed by atoms with van der Waals surface area (Å²) in [7, 11) is 1.95. The van der Waals surface area contributed by atoms with Gasteiger partial charge in [0.05, 0.1) is 6.04 Å². The number of nitrogens with zero attached hydrogens (tertiary/aromatic N) is 4. The number of aromatic nitrogens is 3. The number of nitrogens with one attached hydrogen (secondary N) is 1. The fourth-order valence-electron chi connectivity index (χ4n) is 3.25. The Kier molecular flexibility index (Phi) is 4.64. The van der Waals surface area contributed by atoms with Crippen LogP contribution in [0.15, 0.2) is 53.3 Å². The van der Waals surface area contributed by atoms with Crippen LogP contribution < -0.4 is 5.32 Å². The van der Waals surface area contributed by atoms with E-state index in [-0.39, 0.29) is 23.8 Å². The van der Waals surface area contributed by atoms with Gasteiger partial charge in [-0.3, -0.25) is 14.7 Å². The molecule has 0 spiro atoms. The molecule has 1 saturated heterocycles. The normalized spacial score (nSPS) is 19.9. The van der Waals surface area contributed by atoms with Gasteiger partial charge in [0.1, 0.15) is 5.82 Å². The second-order valence-electron chi connectivity index (χ2n) is 6.56. The predicted molar refractivity (Wildman–Crippen MR) is 95.2 cm³/mol. The zero-order valence-electron chi connectivity index (χ0n) is 14.7. The van der Waals surface area contributed by atoms with E-state index in [1.54, 1.807) is 12.4 Å². The SMILES string of the molecule is CN1CC(NC(=O)c2ccc(F)cc2)CC1c1nc(-c2ccncc2)no1. The lowest BCUT2D eigenvalue weighted by molar-refractivity contribution is 0.0938. The quantitative estimate of drug-likeness (QED) is 0.763. The Labute approximate surface area is 155 Å². The van der Waals surface area contributed by atoms with Crippen molar-refractivity contribution in [3.8, 4) is 11.4 Å². The molecular formula is C19H18FN5O2. The van der Waals surface area contributed by atoms with Crippen molar-refractivity contribution in [2.24, 2.45) is 0 Å². The molecule has 2 atom stereocenters. The van der Waals surface area contributed by atoms with Crippen molar-refractivity contribution in [1.29, 1.82) is 0 Å². The van der Waals surface area contributed by atoms with Crippen LogP contribution in [0.25, 0.3) is 11.4 Å². The molecule has 2 unspecified atom stereocenters. The van der Waals surface area contributed by atoms with Crippen molar-refractivity contribution < 1.29 is 13.7 Å². The first-order valence-electron chi connectivity index (χ1n) is 8.61. The number of carbonyl (C=O) groups excluding carboxylic acids is 1. The molecule has 1 amide bonds. The molecule has 7 nitrogen and oxygen atoms in total. The van der Waals surface area contributed by atoms with Gasteiger partial charge in [0, 0.05) is 36.1 Å². The minimum atomic E-state index is -0.367. The highest BCUT2D eigenvalue weighted by Crippen LogP contribution is 2.31. The minimum Gasteiger partial charge on any atom is -0.348 e. The fraction of sp³-hybridized carbons (Fsp3) is 0.263. The average molecular weight is 367 g/mol. The second kappa shape index (κ2) is 7.24. The number of likely N-dealkylation sites (N-methyl/N-ethyl adjacent to an activating group) is 1. The summed E-state index contributed by atoms with van der Waals surface area (Å²) in [5.41, 5.74) is 1.27. The number of benzene rings is 1. The van der Waals surface area contributed by atoms with Crippen LogP contribution >= 0.6 is 0 Å². The summed E-state index contributed by atoms with van der Waals surface area (Å²) in [5, 5.41) is 7.03. The van der Waals surface area contributed by atoms with Crippen molar-refractivity contribution in [2.75, 3.05) is 13.6 Å². The van der Waals surface area contributed by atoms with Crippen LogP contribution in [-0.2, 0) is 0 Å². The Balaban J connectivity index is 1.43. The summed E-state index contributed by atoms with van der Waals surface area (Å²) in [6, 6.07) is 8.99. The highest BCUT2D eigenvalue weighted by Gasteiger charge is 2.35. The number of pyridine rings is 1. The molecule has 1 N–H and O–H groups in total. The smallest absolute Gasteiger partial charge is 0.251 e. The Morgan fingerprint density at radius 3 is 2.70 bits per heavy atom. The molecule has 0 bridgehead atoms. The van der Waals surface area contributed by atoms with E-state index in [0.29, 0.717) is 30.2 Å². The van der Waals surface area contributed by atoms with E-state index in [4.69, 9.17) is 4.52 Å². The highest BCUT2D eigenvalue weighted by atomic mass is 19.1. The molecule has 4 rings (SSSR count). The van der Waals surface area contributed by atoms with Crippen molar-refractivity contribution in [3.05, 3.63) is 66.1 Å². The maximum atomic E-state index is 13.0. The van der Waals surface area contributed by atoms with Crippen molar-refractivity contribution >= 4 is 5.91 Å².